The van der Waals surface area contributed by atoms with E-state index in [2.05, 4.69) is 345 Å². The van der Waals surface area contributed by atoms with Gasteiger partial charge in [0.05, 0.1) is 11.4 Å². The Labute approximate surface area is 538 Å². The highest BCUT2D eigenvalue weighted by molar-refractivity contribution is 8.00. The summed E-state index contributed by atoms with van der Waals surface area (Å²) in [4.78, 5) is 12.4. The molecule has 442 valence electrons. The first kappa shape index (κ1) is 57.3. The van der Waals surface area contributed by atoms with Gasteiger partial charge in [-0.1, -0.05) is 228 Å². The smallest absolute Gasteiger partial charge is 0.253 e. The lowest BCUT2D eigenvalue weighted by Crippen LogP contribution is -2.64. The van der Waals surface area contributed by atoms with Gasteiger partial charge in [-0.25, -0.2) is 0 Å². The third-order valence-electron chi connectivity index (χ3n) is 19.0. The molecular formula is C82H76B2N4OS. The van der Waals surface area contributed by atoms with Crippen molar-refractivity contribution in [2.45, 2.75) is 115 Å². The van der Waals surface area contributed by atoms with Crippen molar-refractivity contribution in [2.75, 3.05) is 19.6 Å². The number of hydrogen-bond acceptors (Lipinski definition) is 6. The zero-order chi connectivity index (χ0) is 62.2. The minimum absolute atomic E-state index is 0.00760. The normalized spacial score (nSPS) is 13.7. The fourth-order valence-corrected chi connectivity index (χ4v) is 15.4. The van der Waals surface area contributed by atoms with Gasteiger partial charge in [0.2, 0.25) is 0 Å². The monoisotopic (exact) mass is 1190 g/mol. The van der Waals surface area contributed by atoms with Gasteiger partial charge < -0.3 is 24.3 Å². The molecule has 0 bridgehead atoms. The molecule has 0 radical (unpaired) electrons. The Balaban J connectivity index is 0.974. The molecule has 0 unspecified atom stereocenters. The summed E-state index contributed by atoms with van der Waals surface area (Å²) in [6.45, 7) is 27.3. The fourth-order valence-electron chi connectivity index (χ4n) is 14.2. The molecule has 90 heavy (non-hydrogen) atoms. The summed E-state index contributed by atoms with van der Waals surface area (Å²) in [6, 6.07) is 91.7. The van der Waals surface area contributed by atoms with Crippen molar-refractivity contribution >= 4 is 126 Å². The van der Waals surface area contributed by atoms with E-state index in [1.807, 2.05) is 11.8 Å². The van der Waals surface area contributed by atoms with Gasteiger partial charge in [-0.2, -0.15) is 0 Å². The number of ether oxygens (including phenoxy) is 1. The number of fused-ring (bicyclic) bond motifs is 8. The highest BCUT2D eigenvalue weighted by Gasteiger charge is 2.47. The molecule has 11 aromatic rings. The molecule has 0 atom stereocenters. The predicted molar refractivity (Wildman–Crippen MR) is 386 cm³/mol. The van der Waals surface area contributed by atoms with Crippen LogP contribution >= 0.6 is 11.8 Å². The van der Waals surface area contributed by atoms with Gasteiger partial charge in [-0.05, 0) is 180 Å². The number of rotatable bonds is 8. The second-order valence-electron chi connectivity index (χ2n) is 29.1. The van der Waals surface area contributed by atoms with Crippen LogP contribution < -0.4 is 57.1 Å². The predicted octanol–water partition coefficient (Wildman–Crippen LogP) is 19.0. The summed E-state index contributed by atoms with van der Waals surface area (Å²) in [7, 11) is 0. The lowest BCUT2D eigenvalue weighted by molar-refractivity contribution is 0.486. The summed E-state index contributed by atoms with van der Waals surface area (Å²) in [6.07, 6.45) is 0. The van der Waals surface area contributed by atoms with Crippen molar-refractivity contribution in [3.63, 3.8) is 0 Å². The molecule has 0 aromatic heterocycles. The van der Waals surface area contributed by atoms with Crippen molar-refractivity contribution in [3.05, 3.63) is 265 Å². The Kier molecular flexibility index (Phi) is 13.6. The van der Waals surface area contributed by atoms with E-state index in [4.69, 9.17) is 4.74 Å². The largest absolute Gasteiger partial charge is 0.458 e. The molecule has 5 nitrogen and oxygen atoms in total. The van der Waals surface area contributed by atoms with Gasteiger partial charge in [0, 0.05) is 72.7 Å². The molecule has 4 aliphatic rings. The number of benzene rings is 11. The first-order chi connectivity index (χ1) is 43.2. The van der Waals surface area contributed by atoms with Crippen molar-refractivity contribution in [3.8, 4) is 11.5 Å². The van der Waals surface area contributed by atoms with Gasteiger partial charge in [0.1, 0.15) is 11.5 Å². The Bertz CT molecular complexity index is 4460. The van der Waals surface area contributed by atoms with Crippen LogP contribution in [0.4, 0.5) is 68.2 Å². The van der Waals surface area contributed by atoms with Crippen molar-refractivity contribution < 1.29 is 4.74 Å². The second kappa shape index (κ2) is 21.3. The highest BCUT2D eigenvalue weighted by atomic mass is 32.2. The maximum Gasteiger partial charge on any atom is 0.253 e. The molecular weight excluding hydrogens is 1110 g/mol. The zero-order valence-electron chi connectivity index (χ0n) is 53.9. The quantitative estimate of drug-likeness (QED) is 0.140. The van der Waals surface area contributed by atoms with Crippen molar-refractivity contribution in [1.29, 1.82) is 0 Å². The van der Waals surface area contributed by atoms with Gasteiger partial charge in [-0.15, -0.1) is 0 Å². The Morgan fingerprint density at radius 3 is 1.17 bits per heavy atom. The molecule has 0 saturated heterocycles. The number of anilines is 12. The second-order valence-corrected chi connectivity index (χ2v) is 30.2. The van der Waals surface area contributed by atoms with Gasteiger partial charge >= 0.3 is 0 Å². The number of hydrogen-bond donors (Lipinski definition) is 0. The number of para-hydroxylation sites is 4. The van der Waals surface area contributed by atoms with Gasteiger partial charge in [-0.3, -0.25) is 0 Å². The van der Waals surface area contributed by atoms with Crippen LogP contribution in [0, 0.1) is 0 Å². The molecule has 15 rings (SSSR count). The van der Waals surface area contributed by atoms with E-state index in [0.717, 1.165) is 68.4 Å². The van der Waals surface area contributed by atoms with Crippen LogP contribution in [0.2, 0.25) is 0 Å². The Morgan fingerprint density at radius 1 is 0.300 bits per heavy atom. The van der Waals surface area contributed by atoms with E-state index < -0.39 is 0 Å². The van der Waals surface area contributed by atoms with Crippen LogP contribution in [0.5, 0.6) is 11.5 Å². The lowest BCUT2D eigenvalue weighted by atomic mass is 9.31. The average molecular weight is 1190 g/mol. The van der Waals surface area contributed by atoms with E-state index in [0.29, 0.717) is 0 Å². The van der Waals surface area contributed by atoms with E-state index in [-0.39, 0.29) is 35.1 Å². The summed E-state index contributed by atoms with van der Waals surface area (Å²) in [5.74, 6) is 1.78. The Morgan fingerprint density at radius 2 is 0.700 bits per heavy atom. The van der Waals surface area contributed by atoms with E-state index in [9.17, 15) is 0 Å². The van der Waals surface area contributed by atoms with E-state index in [1.165, 1.54) is 76.2 Å². The van der Waals surface area contributed by atoms with Crippen LogP contribution in [-0.4, -0.2) is 13.4 Å². The molecule has 0 N–H and O–H groups in total. The van der Waals surface area contributed by atoms with Crippen molar-refractivity contribution in [1.82, 2.24) is 0 Å². The van der Waals surface area contributed by atoms with Crippen LogP contribution in [0.25, 0.3) is 0 Å². The van der Waals surface area contributed by atoms with Crippen LogP contribution in [-0.2, 0) is 21.7 Å². The summed E-state index contributed by atoms with van der Waals surface area (Å²) in [5.41, 5.74) is 26.1. The minimum Gasteiger partial charge on any atom is -0.458 e. The highest BCUT2D eigenvalue weighted by Crippen LogP contribution is 2.51. The molecule has 0 saturated carbocycles. The number of nitrogens with zero attached hydrogens (tertiary/aromatic N) is 4. The van der Waals surface area contributed by atoms with Gasteiger partial charge in [0.25, 0.3) is 13.4 Å². The maximum absolute atomic E-state index is 7.21. The third kappa shape index (κ3) is 9.81. The molecule has 4 aliphatic heterocycles. The lowest BCUT2D eigenvalue weighted by Gasteiger charge is -2.45. The molecule has 0 spiro atoms. The van der Waals surface area contributed by atoms with Crippen LogP contribution in [0.15, 0.2) is 252 Å². The minimum atomic E-state index is -0.114. The standard InChI is InChI=1S/C82H76B2N4OS/c1-79(2,3)53-31-39-59(40-32-53)85(60-41-33-54(34-42-60)80(4,5)6)63-47-71-77-72(48-63)88(58-25-17-14-18-26-58)70-52-75-68(51-67(70)83(77)65-27-19-21-29-69(65)87(71)57-23-15-13-16-24-57)84-66-28-20-22-30-73(66)89-74-49-64(50-76(90-75)78(74)84)86(61-43-35-55(36-44-61)81(7,8)9)62-45-37-56(38-46-62)82(10,11)12/h13-52H,1-12H3. The zero-order valence-corrected chi connectivity index (χ0v) is 54.7. The topological polar surface area (TPSA) is 22.2 Å². The first-order valence-corrected chi connectivity index (χ1v) is 32.8. The van der Waals surface area contributed by atoms with Gasteiger partial charge in [0.15, 0.2) is 0 Å². The maximum atomic E-state index is 7.21. The van der Waals surface area contributed by atoms with Crippen molar-refractivity contribution in [2.24, 2.45) is 0 Å². The van der Waals surface area contributed by atoms with Crippen LogP contribution in [0.1, 0.15) is 105 Å². The first-order valence-electron chi connectivity index (χ1n) is 32.0. The molecule has 8 heteroatoms. The third-order valence-corrected chi connectivity index (χ3v) is 20.1. The Hall–Kier alpha value is -9.10. The van der Waals surface area contributed by atoms with E-state index >= 15 is 0 Å². The summed E-state index contributed by atoms with van der Waals surface area (Å²) >= 11 is 1.88. The van der Waals surface area contributed by atoms with Crippen LogP contribution in [0.3, 0.4) is 0 Å². The molecule has 0 amide bonds. The molecule has 0 aliphatic carbocycles. The van der Waals surface area contributed by atoms with E-state index in [1.54, 1.807) is 0 Å². The SMILES string of the molecule is CC(C)(C)c1ccc(N(c2ccc(C(C)(C)C)cc2)c2cc3c4c(c2)Sc2cc5c(cc2B4c2ccccc2O3)B2c3ccccc3N(c3ccccc3)c3cc(N(c4ccc(C(C)(C)C)cc4)c4ccc(C(C)(C)C)cc4)cc(c32)N5c2ccccc2)cc1. The molecule has 4 heterocycles. The fraction of sp³-hybridized carbons (Fsp3) is 0.195. The summed E-state index contributed by atoms with van der Waals surface area (Å²) in [5, 5.41) is 0. The summed E-state index contributed by atoms with van der Waals surface area (Å²) < 4.78 is 7.21. The average Bonchev–Trinajstić information content (AvgIpc) is 0.694. The molecule has 0 fully saturated rings. The molecule has 11 aromatic carbocycles.